The Balaban J connectivity index is 2.39. The van der Waals surface area contributed by atoms with Crippen LogP contribution in [-0.4, -0.2) is 30.1 Å². The van der Waals surface area contributed by atoms with Crippen molar-refractivity contribution in [2.24, 2.45) is 0 Å². The van der Waals surface area contributed by atoms with Crippen molar-refractivity contribution < 1.29 is 19.4 Å². The summed E-state index contributed by atoms with van der Waals surface area (Å²) in [6.07, 6.45) is -0.289. The molecule has 58 valence electrons. The van der Waals surface area contributed by atoms with Gasteiger partial charge in [0.05, 0.1) is 12.7 Å². The maximum absolute atomic E-state index is 10.2. The lowest BCUT2D eigenvalue weighted by molar-refractivity contribution is -0.221. The molecule has 1 N–H and O–H groups in total. The first-order chi connectivity index (χ1) is 4.70. The third kappa shape index (κ3) is 1.68. The molecule has 4 nitrogen and oxygen atoms in total. The van der Waals surface area contributed by atoms with Crippen LogP contribution in [0.4, 0.5) is 0 Å². The molecule has 1 rings (SSSR count). The minimum absolute atomic E-state index is 0.00477. The molecule has 1 aliphatic rings. The topological polar surface area (TPSA) is 55.8 Å². The van der Waals surface area contributed by atoms with E-state index in [-0.39, 0.29) is 6.10 Å². The Hall–Kier alpha value is -0.610. The highest BCUT2D eigenvalue weighted by molar-refractivity contribution is 5.70. The molecular weight excluding hydrogens is 136 g/mol. The molecule has 2 unspecified atom stereocenters. The lowest BCUT2D eigenvalue weighted by Gasteiger charge is -2.24. The van der Waals surface area contributed by atoms with Crippen LogP contribution in [0.1, 0.15) is 13.3 Å². The number of carbonyl (C=O) groups is 1. The van der Waals surface area contributed by atoms with Crippen molar-refractivity contribution in [3.05, 3.63) is 0 Å². The van der Waals surface area contributed by atoms with Gasteiger partial charge in [-0.05, 0) is 13.3 Å². The van der Waals surface area contributed by atoms with Gasteiger partial charge in [0.2, 0.25) is 0 Å². The van der Waals surface area contributed by atoms with Crippen LogP contribution < -0.4 is 0 Å². The Labute approximate surface area is 58.7 Å². The molecule has 0 radical (unpaired) electrons. The monoisotopic (exact) mass is 146 g/mol. The maximum Gasteiger partial charge on any atom is 0.361 e. The lowest BCUT2D eigenvalue weighted by atomic mass is 10.3. The van der Waals surface area contributed by atoms with Crippen LogP contribution in [0.2, 0.25) is 0 Å². The number of aliphatic carboxylic acids is 1. The molecule has 1 saturated heterocycles. The molecule has 0 aromatic heterocycles. The largest absolute Gasteiger partial charge is 0.477 e. The molecule has 0 amide bonds. The second-order valence-electron chi connectivity index (χ2n) is 2.28. The smallest absolute Gasteiger partial charge is 0.361 e. The molecule has 0 aliphatic carbocycles. The molecule has 1 aliphatic heterocycles. The van der Waals surface area contributed by atoms with Crippen molar-refractivity contribution in [2.45, 2.75) is 25.7 Å². The average Bonchev–Trinajstić information content (AvgIpc) is 1.88. The van der Waals surface area contributed by atoms with Crippen molar-refractivity contribution in [3.8, 4) is 0 Å². The molecule has 4 heteroatoms. The summed E-state index contributed by atoms with van der Waals surface area (Å²) in [5, 5.41) is 8.41. The number of rotatable bonds is 1. The number of ether oxygens (including phenoxy) is 2. The first kappa shape index (κ1) is 7.50. The van der Waals surface area contributed by atoms with E-state index >= 15 is 0 Å². The first-order valence-electron chi connectivity index (χ1n) is 3.20. The van der Waals surface area contributed by atoms with E-state index in [4.69, 9.17) is 14.6 Å². The van der Waals surface area contributed by atoms with Crippen LogP contribution in [-0.2, 0) is 14.3 Å². The van der Waals surface area contributed by atoms with Crippen molar-refractivity contribution in [1.29, 1.82) is 0 Å². The fourth-order valence-corrected chi connectivity index (χ4v) is 0.789. The third-order valence-corrected chi connectivity index (χ3v) is 1.35. The summed E-state index contributed by atoms with van der Waals surface area (Å²) in [6, 6.07) is 0. The van der Waals surface area contributed by atoms with E-state index in [1.54, 1.807) is 0 Å². The number of hydrogen-bond acceptors (Lipinski definition) is 3. The summed E-state index contributed by atoms with van der Waals surface area (Å²) in [7, 11) is 0. The summed E-state index contributed by atoms with van der Waals surface area (Å²) in [6.45, 7) is 2.30. The van der Waals surface area contributed by atoms with Gasteiger partial charge in [0.25, 0.3) is 6.29 Å². The van der Waals surface area contributed by atoms with Gasteiger partial charge in [-0.2, -0.15) is 0 Å². The molecule has 0 bridgehead atoms. The van der Waals surface area contributed by atoms with Gasteiger partial charge in [-0.1, -0.05) is 0 Å². The summed E-state index contributed by atoms with van der Waals surface area (Å²) < 4.78 is 9.71. The zero-order valence-electron chi connectivity index (χ0n) is 5.74. The van der Waals surface area contributed by atoms with E-state index in [9.17, 15) is 4.79 Å². The molecular formula is C6H10O4. The highest BCUT2D eigenvalue weighted by Gasteiger charge is 2.25. The zero-order valence-corrected chi connectivity index (χ0v) is 5.74. The van der Waals surface area contributed by atoms with Crippen LogP contribution >= 0.6 is 0 Å². The van der Waals surface area contributed by atoms with Crippen molar-refractivity contribution in [1.82, 2.24) is 0 Å². The van der Waals surface area contributed by atoms with Crippen LogP contribution in [0.25, 0.3) is 0 Å². The van der Waals surface area contributed by atoms with Gasteiger partial charge in [0, 0.05) is 0 Å². The van der Waals surface area contributed by atoms with Gasteiger partial charge in [-0.25, -0.2) is 4.79 Å². The third-order valence-electron chi connectivity index (χ3n) is 1.35. The standard InChI is InChI=1S/C6H10O4/c1-4-2-3-9-6(10-4)5(7)8/h4,6H,2-3H2,1H3,(H,7,8). The highest BCUT2D eigenvalue weighted by atomic mass is 16.7. The highest BCUT2D eigenvalue weighted by Crippen LogP contribution is 2.11. The van der Waals surface area contributed by atoms with Gasteiger partial charge < -0.3 is 14.6 Å². The maximum atomic E-state index is 10.2. The van der Waals surface area contributed by atoms with Crippen LogP contribution in [0, 0.1) is 0 Å². The molecule has 1 heterocycles. The second-order valence-corrected chi connectivity index (χ2v) is 2.28. The van der Waals surface area contributed by atoms with Crippen LogP contribution in [0.5, 0.6) is 0 Å². The van der Waals surface area contributed by atoms with E-state index < -0.39 is 12.3 Å². The van der Waals surface area contributed by atoms with E-state index in [1.165, 1.54) is 0 Å². The summed E-state index contributed by atoms with van der Waals surface area (Å²) in [5.41, 5.74) is 0. The minimum atomic E-state index is -1.05. The van der Waals surface area contributed by atoms with Crippen molar-refractivity contribution in [2.75, 3.05) is 6.61 Å². The molecule has 10 heavy (non-hydrogen) atoms. The second kappa shape index (κ2) is 2.98. The van der Waals surface area contributed by atoms with E-state index in [2.05, 4.69) is 0 Å². The van der Waals surface area contributed by atoms with Gasteiger partial charge in [-0.15, -0.1) is 0 Å². The van der Waals surface area contributed by atoms with Crippen LogP contribution in [0.15, 0.2) is 0 Å². The Morgan fingerprint density at radius 1 is 1.70 bits per heavy atom. The fourth-order valence-electron chi connectivity index (χ4n) is 0.789. The van der Waals surface area contributed by atoms with E-state index in [1.807, 2.05) is 6.92 Å². The van der Waals surface area contributed by atoms with Gasteiger partial charge >= 0.3 is 5.97 Å². The van der Waals surface area contributed by atoms with Crippen molar-refractivity contribution in [3.63, 3.8) is 0 Å². The lowest BCUT2D eigenvalue weighted by Crippen LogP contribution is -2.36. The van der Waals surface area contributed by atoms with Crippen LogP contribution in [0.3, 0.4) is 0 Å². The van der Waals surface area contributed by atoms with E-state index in [0.29, 0.717) is 6.61 Å². The fraction of sp³-hybridized carbons (Fsp3) is 0.833. The molecule has 0 spiro atoms. The SMILES string of the molecule is CC1CCOC(C(=O)O)O1. The van der Waals surface area contributed by atoms with E-state index in [0.717, 1.165) is 6.42 Å². The molecule has 0 saturated carbocycles. The van der Waals surface area contributed by atoms with Gasteiger partial charge in [0.15, 0.2) is 0 Å². The quantitative estimate of drug-likeness (QED) is 0.575. The summed E-state index contributed by atoms with van der Waals surface area (Å²) in [4.78, 5) is 10.2. The molecule has 2 atom stereocenters. The molecule has 0 aromatic carbocycles. The predicted octanol–water partition coefficient (Wildman–Crippen LogP) is 0.222. The Kier molecular flexibility index (Phi) is 2.24. The zero-order chi connectivity index (χ0) is 7.56. The normalized spacial score (nSPS) is 33.7. The van der Waals surface area contributed by atoms with Gasteiger partial charge in [0.1, 0.15) is 0 Å². The number of hydrogen-bond donors (Lipinski definition) is 1. The summed E-state index contributed by atoms with van der Waals surface area (Å²) >= 11 is 0. The summed E-state index contributed by atoms with van der Waals surface area (Å²) in [5.74, 6) is -1.05. The Morgan fingerprint density at radius 2 is 2.40 bits per heavy atom. The molecule has 1 fully saturated rings. The van der Waals surface area contributed by atoms with Crippen molar-refractivity contribution >= 4 is 5.97 Å². The average molecular weight is 146 g/mol. The Bertz CT molecular complexity index is 134. The molecule has 0 aromatic rings. The minimum Gasteiger partial charge on any atom is -0.477 e. The number of carboxylic acid groups (broad SMARTS) is 1. The first-order valence-corrected chi connectivity index (χ1v) is 3.20. The van der Waals surface area contributed by atoms with Gasteiger partial charge in [-0.3, -0.25) is 0 Å². The Morgan fingerprint density at radius 3 is 2.80 bits per heavy atom. The predicted molar refractivity (Wildman–Crippen MR) is 32.5 cm³/mol. The number of carboxylic acids is 1.